The minimum atomic E-state index is 0.479. The lowest BCUT2D eigenvalue weighted by Crippen LogP contribution is -2.36. The first-order valence-corrected chi connectivity index (χ1v) is 9.27. The van der Waals surface area contributed by atoms with E-state index in [1.807, 2.05) is 0 Å². The maximum Gasteiger partial charge on any atom is 0.132 e. The van der Waals surface area contributed by atoms with Gasteiger partial charge in [-0.05, 0) is 49.4 Å². The van der Waals surface area contributed by atoms with Crippen LogP contribution in [0.1, 0.15) is 83.5 Å². The summed E-state index contributed by atoms with van der Waals surface area (Å²) < 4.78 is 0. The lowest BCUT2D eigenvalue weighted by Gasteiger charge is -2.43. The molecule has 0 N–H and O–H groups in total. The Bertz CT molecular complexity index is 333. The number of hydrogen-bond donors (Lipinski definition) is 0. The summed E-state index contributed by atoms with van der Waals surface area (Å²) in [4.78, 5) is 23.2. The van der Waals surface area contributed by atoms with Gasteiger partial charge in [0.15, 0.2) is 0 Å². The quantitative estimate of drug-likeness (QED) is 0.755. The van der Waals surface area contributed by atoms with Crippen LogP contribution in [0, 0.1) is 23.7 Å². The Hall–Kier alpha value is -0.660. The second kappa shape index (κ2) is 7.07. The summed E-state index contributed by atoms with van der Waals surface area (Å²) in [5.74, 6) is 4.19. The Kier molecular flexibility index (Phi) is 5.13. The summed E-state index contributed by atoms with van der Waals surface area (Å²) in [6.07, 6.45) is 14.8. The summed E-state index contributed by atoms with van der Waals surface area (Å²) >= 11 is 0. The highest BCUT2D eigenvalue weighted by Gasteiger charge is 2.38. The van der Waals surface area contributed by atoms with Crippen LogP contribution in [0.3, 0.4) is 0 Å². The molecule has 21 heavy (non-hydrogen) atoms. The first-order valence-electron chi connectivity index (χ1n) is 9.27. The molecule has 118 valence electrons. The van der Waals surface area contributed by atoms with Crippen LogP contribution in [-0.2, 0) is 9.59 Å². The van der Waals surface area contributed by atoms with E-state index in [0.29, 0.717) is 11.6 Å². The fourth-order valence-corrected chi connectivity index (χ4v) is 5.37. The van der Waals surface area contributed by atoms with E-state index in [4.69, 9.17) is 0 Å². The van der Waals surface area contributed by atoms with Gasteiger partial charge in [0.1, 0.15) is 11.6 Å². The van der Waals surface area contributed by atoms with Gasteiger partial charge in [0.2, 0.25) is 0 Å². The third kappa shape index (κ3) is 3.76. The van der Waals surface area contributed by atoms with Gasteiger partial charge in [0, 0.05) is 25.7 Å². The summed E-state index contributed by atoms with van der Waals surface area (Å²) in [6, 6.07) is 0. The Morgan fingerprint density at radius 2 is 0.952 bits per heavy atom. The molecule has 0 bridgehead atoms. The van der Waals surface area contributed by atoms with Gasteiger partial charge in [-0.1, -0.05) is 32.1 Å². The van der Waals surface area contributed by atoms with E-state index in [1.165, 1.54) is 32.1 Å². The van der Waals surface area contributed by atoms with Crippen LogP contribution >= 0.6 is 0 Å². The molecule has 0 saturated heterocycles. The zero-order valence-corrected chi connectivity index (χ0v) is 13.3. The van der Waals surface area contributed by atoms with Crippen molar-refractivity contribution in [2.75, 3.05) is 0 Å². The second-order valence-corrected chi connectivity index (χ2v) is 7.73. The Labute approximate surface area is 129 Å². The van der Waals surface area contributed by atoms with Crippen LogP contribution in [0.25, 0.3) is 0 Å². The monoisotopic (exact) mass is 290 g/mol. The molecule has 3 fully saturated rings. The van der Waals surface area contributed by atoms with Gasteiger partial charge in [0.05, 0.1) is 0 Å². The van der Waals surface area contributed by atoms with E-state index in [1.54, 1.807) is 0 Å². The van der Waals surface area contributed by atoms with Gasteiger partial charge in [-0.15, -0.1) is 0 Å². The smallest absolute Gasteiger partial charge is 0.132 e. The van der Waals surface area contributed by atoms with Gasteiger partial charge in [-0.3, -0.25) is 9.59 Å². The predicted molar refractivity (Wildman–Crippen MR) is 84.0 cm³/mol. The molecule has 0 amide bonds. The number of ketones is 2. The molecule has 3 aliphatic rings. The number of carbonyl (C=O) groups is 2. The standard InChI is InChI=1S/C19H30O2/c20-17-10-6-15(7-11-17)19(14-4-2-1-3-5-14)16-8-12-18(21)13-9-16/h14-16,19H,1-13H2. The highest BCUT2D eigenvalue weighted by atomic mass is 16.1. The number of Topliss-reactive ketones (excluding diaryl/α,β-unsaturated/α-hetero) is 2. The van der Waals surface area contributed by atoms with E-state index < -0.39 is 0 Å². The minimum absolute atomic E-state index is 0.479. The van der Waals surface area contributed by atoms with Crippen LogP contribution in [0.4, 0.5) is 0 Å². The van der Waals surface area contributed by atoms with Crippen molar-refractivity contribution in [3.05, 3.63) is 0 Å². The summed E-state index contributed by atoms with van der Waals surface area (Å²) in [6.45, 7) is 0. The van der Waals surface area contributed by atoms with Crippen molar-refractivity contribution in [2.45, 2.75) is 83.5 Å². The lowest BCUT2D eigenvalue weighted by atomic mass is 9.62. The molecule has 2 heteroatoms. The zero-order valence-electron chi connectivity index (χ0n) is 13.3. The van der Waals surface area contributed by atoms with E-state index in [-0.39, 0.29) is 0 Å². The third-order valence-corrected chi connectivity index (χ3v) is 6.46. The molecule has 3 aliphatic carbocycles. The highest BCUT2D eigenvalue weighted by Crippen LogP contribution is 2.46. The van der Waals surface area contributed by atoms with E-state index in [9.17, 15) is 9.59 Å². The van der Waals surface area contributed by atoms with Crippen LogP contribution in [-0.4, -0.2) is 11.6 Å². The molecule has 2 nitrogen and oxygen atoms in total. The topological polar surface area (TPSA) is 34.1 Å². The van der Waals surface area contributed by atoms with Crippen molar-refractivity contribution in [3.8, 4) is 0 Å². The normalized spacial score (nSPS) is 27.5. The van der Waals surface area contributed by atoms with Crippen molar-refractivity contribution in [1.29, 1.82) is 0 Å². The molecule has 0 aromatic heterocycles. The first kappa shape index (κ1) is 15.2. The number of carbonyl (C=O) groups excluding carboxylic acids is 2. The summed E-state index contributed by atoms with van der Waals surface area (Å²) in [5, 5.41) is 0. The number of rotatable bonds is 3. The molecule has 0 radical (unpaired) electrons. The van der Waals surface area contributed by atoms with Crippen LogP contribution in [0.5, 0.6) is 0 Å². The summed E-state index contributed by atoms with van der Waals surface area (Å²) in [5.41, 5.74) is 0. The largest absolute Gasteiger partial charge is 0.300 e. The average Bonchev–Trinajstić information content (AvgIpc) is 2.52. The van der Waals surface area contributed by atoms with Gasteiger partial charge >= 0.3 is 0 Å². The van der Waals surface area contributed by atoms with Crippen molar-refractivity contribution >= 4 is 11.6 Å². The molecule has 0 aliphatic heterocycles. The second-order valence-electron chi connectivity index (χ2n) is 7.73. The van der Waals surface area contributed by atoms with Crippen molar-refractivity contribution in [2.24, 2.45) is 23.7 Å². The lowest BCUT2D eigenvalue weighted by molar-refractivity contribution is -0.122. The third-order valence-electron chi connectivity index (χ3n) is 6.46. The van der Waals surface area contributed by atoms with Crippen LogP contribution in [0.15, 0.2) is 0 Å². The van der Waals surface area contributed by atoms with Crippen LogP contribution < -0.4 is 0 Å². The molecular formula is C19H30O2. The molecule has 3 saturated carbocycles. The first-order chi connectivity index (χ1) is 10.2. The molecule has 0 atom stereocenters. The number of hydrogen-bond acceptors (Lipinski definition) is 2. The van der Waals surface area contributed by atoms with Gasteiger partial charge < -0.3 is 0 Å². The molecule has 0 unspecified atom stereocenters. The average molecular weight is 290 g/mol. The Balaban J connectivity index is 1.70. The maximum absolute atomic E-state index is 11.6. The van der Waals surface area contributed by atoms with Crippen molar-refractivity contribution < 1.29 is 9.59 Å². The maximum atomic E-state index is 11.6. The molecular weight excluding hydrogens is 260 g/mol. The van der Waals surface area contributed by atoms with E-state index in [0.717, 1.165) is 75.0 Å². The molecule has 0 aromatic rings. The zero-order chi connectivity index (χ0) is 14.7. The van der Waals surface area contributed by atoms with E-state index in [2.05, 4.69) is 0 Å². The molecule has 0 aromatic carbocycles. The van der Waals surface area contributed by atoms with Crippen molar-refractivity contribution in [3.63, 3.8) is 0 Å². The molecule has 3 rings (SSSR count). The van der Waals surface area contributed by atoms with Crippen molar-refractivity contribution in [1.82, 2.24) is 0 Å². The molecule has 0 spiro atoms. The highest BCUT2D eigenvalue weighted by molar-refractivity contribution is 5.79. The molecule has 0 heterocycles. The Morgan fingerprint density at radius 1 is 0.571 bits per heavy atom. The summed E-state index contributed by atoms with van der Waals surface area (Å²) in [7, 11) is 0. The van der Waals surface area contributed by atoms with Gasteiger partial charge in [-0.2, -0.15) is 0 Å². The SMILES string of the molecule is O=C1CCC(C(C2CCCCC2)C2CCC(=O)CC2)CC1. The minimum Gasteiger partial charge on any atom is -0.300 e. The fourth-order valence-electron chi connectivity index (χ4n) is 5.37. The Morgan fingerprint density at radius 3 is 1.38 bits per heavy atom. The predicted octanol–water partition coefficient (Wildman–Crippen LogP) is 4.70. The fraction of sp³-hybridized carbons (Fsp3) is 0.895. The van der Waals surface area contributed by atoms with E-state index >= 15 is 0 Å². The van der Waals surface area contributed by atoms with Gasteiger partial charge in [-0.25, -0.2) is 0 Å². The van der Waals surface area contributed by atoms with Crippen LogP contribution in [0.2, 0.25) is 0 Å². The van der Waals surface area contributed by atoms with Gasteiger partial charge in [0.25, 0.3) is 0 Å².